The number of benzene rings is 2. The highest BCUT2D eigenvalue weighted by molar-refractivity contribution is 5.90. The number of amides is 1. The first-order valence-electron chi connectivity index (χ1n) is 8.67. The quantitative estimate of drug-likeness (QED) is 0.919. The number of rotatable bonds is 5. The van der Waals surface area contributed by atoms with Crippen LogP contribution in [0.2, 0.25) is 0 Å². The monoisotopic (exact) mass is 310 g/mol. The van der Waals surface area contributed by atoms with Gasteiger partial charge in [0.2, 0.25) is 5.91 Å². The maximum atomic E-state index is 12.6. The first-order valence-corrected chi connectivity index (χ1v) is 8.67. The summed E-state index contributed by atoms with van der Waals surface area (Å²) in [5, 5.41) is 5.63. The van der Waals surface area contributed by atoms with Crippen LogP contribution in [-0.4, -0.2) is 37.5 Å². The van der Waals surface area contributed by atoms with Gasteiger partial charge in [-0.2, -0.15) is 0 Å². The van der Waals surface area contributed by atoms with Crippen LogP contribution in [0, 0.1) is 5.92 Å². The molecule has 1 saturated heterocycles. The predicted molar refractivity (Wildman–Crippen MR) is 95.5 cm³/mol. The smallest absolute Gasteiger partial charge is 0.227 e. The summed E-state index contributed by atoms with van der Waals surface area (Å²) in [5.74, 6) is 1.04. The summed E-state index contributed by atoms with van der Waals surface area (Å²) in [5.41, 5.74) is 1.14. The lowest BCUT2D eigenvalue weighted by Crippen LogP contribution is -2.39. The molecule has 0 atom stereocenters. The minimum absolute atomic E-state index is 0.272. The number of nitrogens with zero attached hydrogens (tertiary/aromatic N) is 1. The first kappa shape index (κ1) is 16.0. The normalized spacial score (nSPS) is 16.0. The topological polar surface area (TPSA) is 32.3 Å². The number of hydrogen-bond acceptors (Lipinski definition) is 2. The molecule has 3 heteroatoms. The molecule has 0 bridgehead atoms. The van der Waals surface area contributed by atoms with Crippen molar-refractivity contribution >= 4 is 16.7 Å². The Morgan fingerprint density at radius 1 is 1.13 bits per heavy atom. The van der Waals surface area contributed by atoms with E-state index in [0.717, 1.165) is 44.0 Å². The number of piperidine rings is 1. The summed E-state index contributed by atoms with van der Waals surface area (Å²) in [6.45, 7) is 2.91. The summed E-state index contributed by atoms with van der Waals surface area (Å²) in [6, 6.07) is 14.6. The summed E-state index contributed by atoms with van der Waals surface area (Å²) < 4.78 is 0. The largest absolute Gasteiger partial charge is 0.342 e. The molecule has 1 aliphatic heterocycles. The molecule has 0 radical (unpaired) electrons. The van der Waals surface area contributed by atoms with Crippen molar-refractivity contribution in [1.82, 2.24) is 10.2 Å². The lowest BCUT2D eigenvalue weighted by atomic mass is 9.93. The second-order valence-corrected chi connectivity index (χ2v) is 6.53. The number of carbonyl (C=O) groups excluding carboxylic acids is 1. The van der Waals surface area contributed by atoms with Gasteiger partial charge in [0, 0.05) is 13.1 Å². The second kappa shape index (κ2) is 7.60. The summed E-state index contributed by atoms with van der Waals surface area (Å²) in [7, 11) is 2.00. The molecule has 23 heavy (non-hydrogen) atoms. The van der Waals surface area contributed by atoms with Gasteiger partial charge in [-0.15, -0.1) is 0 Å². The average molecular weight is 310 g/mol. The molecule has 0 spiro atoms. The Morgan fingerprint density at radius 3 is 2.65 bits per heavy atom. The highest BCUT2D eigenvalue weighted by Crippen LogP contribution is 2.23. The third-order valence-corrected chi connectivity index (χ3v) is 4.99. The Hall–Kier alpha value is -1.87. The van der Waals surface area contributed by atoms with Crippen molar-refractivity contribution in [3.63, 3.8) is 0 Å². The van der Waals surface area contributed by atoms with E-state index >= 15 is 0 Å². The van der Waals surface area contributed by atoms with Crippen molar-refractivity contribution in [2.45, 2.75) is 25.7 Å². The first-order chi connectivity index (χ1) is 11.3. The van der Waals surface area contributed by atoms with E-state index in [-0.39, 0.29) is 5.91 Å². The maximum absolute atomic E-state index is 12.6. The van der Waals surface area contributed by atoms with Crippen LogP contribution in [0.5, 0.6) is 0 Å². The van der Waals surface area contributed by atoms with E-state index in [1.807, 2.05) is 19.2 Å². The van der Waals surface area contributed by atoms with Crippen LogP contribution < -0.4 is 5.32 Å². The summed E-state index contributed by atoms with van der Waals surface area (Å²) in [6.07, 6.45) is 4.02. The molecule has 0 aliphatic carbocycles. The minimum Gasteiger partial charge on any atom is -0.342 e. The van der Waals surface area contributed by atoms with E-state index in [1.54, 1.807) is 0 Å². The van der Waals surface area contributed by atoms with E-state index in [0.29, 0.717) is 6.42 Å². The van der Waals surface area contributed by atoms with Crippen LogP contribution >= 0.6 is 0 Å². The van der Waals surface area contributed by atoms with Crippen molar-refractivity contribution in [3.8, 4) is 0 Å². The number of nitrogens with one attached hydrogen (secondary N) is 1. The molecular formula is C20H26N2O. The van der Waals surface area contributed by atoms with Gasteiger partial charge in [-0.1, -0.05) is 42.5 Å². The standard InChI is InChI=1S/C20H26N2O/c1-21-12-9-16-10-13-22(14-11-16)20(23)15-18-7-4-6-17-5-2-3-8-19(17)18/h2-8,16,21H,9-15H2,1H3. The van der Waals surface area contributed by atoms with Crippen molar-refractivity contribution < 1.29 is 4.79 Å². The zero-order valence-corrected chi connectivity index (χ0v) is 13.9. The Morgan fingerprint density at radius 2 is 1.87 bits per heavy atom. The summed E-state index contributed by atoms with van der Waals surface area (Å²) in [4.78, 5) is 14.7. The molecule has 1 heterocycles. The third-order valence-electron chi connectivity index (χ3n) is 4.99. The zero-order chi connectivity index (χ0) is 16.1. The van der Waals surface area contributed by atoms with Gasteiger partial charge in [0.05, 0.1) is 6.42 Å². The summed E-state index contributed by atoms with van der Waals surface area (Å²) >= 11 is 0. The lowest BCUT2D eigenvalue weighted by molar-refractivity contribution is -0.131. The Balaban J connectivity index is 1.61. The number of likely N-dealkylation sites (tertiary alicyclic amines) is 1. The minimum atomic E-state index is 0.272. The fourth-order valence-corrected chi connectivity index (χ4v) is 3.54. The molecule has 3 nitrogen and oxygen atoms in total. The van der Waals surface area contributed by atoms with Crippen molar-refractivity contribution in [3.05, 3.63) is 48.0 Å². The van der Waals surface area contributed by atoms with Crippen LogP contribution in [0.15, 0.2) is 42.5 Å². The van der Waals surface area contributed by atoms with E-state index in [1.165, 1.54) is 17.2 Å². The van der Waals surface area contributed by atoms with E-state index in [2.05, 4.69) is 40.5 Å². The number of carbonyl (C=O) groups is 1. The number of hydrogen-bond donors (Lipinski definition) is 1. The van der Waals surface area contributed by atoms with E-state index < -0.39 is 0 Å². The van der Waals surface area contributed by atoms with Gasteiger partial charge in [0.1, 0.15) is 0 Å². The molecule has 1 N–H and O–H groups in total. The molecule has 3 rings (SSSR count). The lowest BCUT2D eigenvalue weighted by Gasteiger charge is -2.32. The number of fused-ring (bicyclic) bond motifs is 1. The Kier molecular flexibility index (Phi) is 5.29. The van der Waals surface area contributed by atoms with Crippen molar-refractivity contribution in [2.24, 2.45) is 5.92 Å². The van der Waals surface area contributed by atoms with Gasteiger partial charge in [-0.25, -0.2) is 0 Å². The fourth-order valence-electron chi connectivity index (χ4n) is 3.54. The molecule has 122 valence electrons. The average Bonchev–Trinajstić information content (AvgIpc) is 2.60. The van der Waals surface area contributed by atoms with E-state index in [4.69, 9.17) is 0 Å². The SMILES string of the molecule is CNCCC1CCN(C(=O)Cc2cccc3ccccc23)CC1. The van der Waals surface area contributed by atoms with Gasteiger partial charge in [0.25, 0.3) is 0 Å². The van der Waals surface area contributed by atoms with Gasteiger partial charge in [-0.05, 0) is 55.1 Å². The van der Waals surface area contributed by atoms with Crippen molar-refractivity contribution in [2.75, 3.05) is 26.7 Å². The fraction of sp³-hybridized carbons (Fsp3) is 0.450. The van der Waals surface area contributed by atoms with Gasteiger partial charge in [-0.3, -0.25) is 4.79 Å². The Bertz CT molecular complexity index is 654. The van der Waals surface area contributed by atoms with E-state index in [9.17, 15) is 4.79 Å². The van der Waals surface area contributed by atoms with Gasteiger partial charge < -0.3 is 10.2 Å². The molecule has 1 aliphatic rings. The second-order valence-electron chi connectivity index (χ2n) is 6.53. The third kappa shape index (κ3) is 3.91. The van der Waals surface area contributed by atoms with Crippen LogP contribution in [0.25, 0.3) is 10.8 Å². The molecule has 0 unspecified atom stereocenters. The Labute approximate surface area is 138 Å². The van der Waals surface area contributed by atoms with Crippen LogP contribution in [0.4, 0.5) is 0 Å². The molecule has 1 amide bonds. The molecule has 0 aromatic heterocycles. The molecule has 1 fully saturated rings. The van der Waals surface area contributed by atoms with Crippen molar-refractivity contribution in [1.29, 1.82) is 0 Å². The van der Waals surface area contributed by atoms with Crippen LogP contribution in [-0.2, 0) is 11.2 Å². The highest BCUT2D eigenvalue weighted by Gasteiger charge is 2.22. The van der Waals surface area contributed by atoms with Crippen LogP contribution in [0.1, 0.15) is 24.8 Å². The molecule has 2 aromatic rings. The zero-order valence-electron chi connectivity index (χ0n) is 13.9. The highest BCUT2D eigenvalue weighted by atomic mass is 16.2. The molecule has 0 saturated carbocycles. The maximum Gasteiger partial charge on any atom is 0.227 e. The van der Waals surface area contributed by atoms with Gasteiger partial charge in [0.15, 0.2) is 0 Å². The molecular weight excluding hydrogens is 284 g/mol. The van der Waals surface area contributed by atoms with Crippen LogP contribution in [0.3, 0.4) is 0 Å². The molecule has 2 aromatic carbocycles. The predicted octanol–water partition coefficient (Wildman–Crippen LogP) is 3.23. The van der Waals surface area contributed by atoms with Gasteiger partial charge >= 0.3 is 0 Å².